The van der Waals surface area contributed by atoms with Gasteiger partial charge in [0.15, 0.2) is 5.96 Å². The number of likely N-dealkylation sites (tertiary alicyclic amines) is 1. The molecule has 1 aromatic carbocycles. The Kier molecular flexibility index (Phi) is 8.95. The van der Waals surface area contributed by atoms with Crippen molar-refractivity contribution in [2.75, 3.05) is 50.7 Å². The lowest BCUT2D eigenvalue weighted by molar-refractivity contribution is 0.143. The molecule has 2 aliphatic rings. The smallest absolute Gasteiger partial charge is 0.191 e. The number of hydrogen-bond donors (Lipinski definition) is 1. The molecule has 2 N–H and O–H groups in total. The first-order valence-electron chi connectivity index (χ1n) is 9.82. The van der Waals surface area contributed by atoms with Crippen LogP contribution in [0.1, 0.15) is 26.7 Å². The fourth-order valence-electron chi connectivity index (χ4n) is 3.88. The molecule has 7 heteroatoms. The molecule has 0 bridgehead atoms. The van der Waals surface area contributed by atoms with Crippen LogP contribution in [0.5, 0.6) is 0 Å². The average Bonchev–Trinajstić information content (AvgIpc) is 2.67. The molecule has 2 aliphatic heterocycles. The predicted octanol–water partition coefficient (Wildman–Crippen LogP) is 3.52. The molecule has 0 radical (unpaired) electrons. The molecule has 1 atom stereocenters. The Morgan fingerprint density at radius 1 is 1.15 bits per heavy atom. The summed E-state index contributed by atoms with van der Waals surface area (Å²) in [5, 5.41) is 0.780. The molecule has 1 unspecified atom stereocenters. The number of guanidine groups is 1. The maximum absolute atomic E-state index is 6.29. The van der Waals surface area contributed by atoms with E-state index in [2.05, 4.69) is 40.7 Å². The summed E-state index contributed by atoms with van der Waals surface area (Å²) in [4.78, 5) is 11.9. The molecule has 5 nitrogen and oxygen atoms in total. The zero-order valence-electron chi connectivity index (χ0n) is 16.5. The number of hydrogen-bond acceptors (Lipinski definition) is 3. The minimum Gasteiger partial charge on any atom is -0.370 e. The summed E-state index contributed by atoms with van der Waals surface area (Å²) in [6.07, 6.45) is 2.54. The van der Waals surface area contributed by atoms with E-state index in [1.165, 1.54) is 25.1 Å². The third-order valence-electron chi connectivity index (χ3n) is 5.59. The molecule has 0 amide bonds. The van der Waals surface area contributed by atoms with Crippen LogP contribution >= 0.6 is 35.6 Å². The van der Waals surface area contributed by atoms with Crippen LogP contribution in [-0.2, 0) is 0 Å². The van der Waals surface area contributed by atoms with Gasteiger partial charge in [-0.1, -0.05) is 11.6 Å². The van der Waals surface area contributed by atoms with Gasteiger partial charge < -0.3 is 20.4 Å². The quantitative estimate of drug-likeness (QED) is 0.386. The molecular weight excluding hydrogens is 473 g/mol. The summed E-state index contributed by atoms with van der Waals surface area (Å²) < 4.78 is 0. The summed E-state index contributed by atoms with van der Waals surface area (Å²) in [5.74, 6) is 1.35. The number of nitrogens with two attached hydrogens (primary N) is 1. The van der Waals surface area contributed by atoms with Crippen molar-refractivity contribution >= 4 is 47.2 Å². The number of aliphatic imine (C=N–C) groups is 1. The molecule has 27 heavy (non-hydrogen) atoms. The second-order valence-electron chi connectivity index (χ2n) is 7.75. The van der Waals surface area contributed by atoms with Crippen molar-refractivity contribution in [1.29, 1.82) is 0 Å². The summed E-state index contributed by atoms with van der Waals surface area (Å²) in [6.45, 7) is 11.5. The van der Waals surface area contributed by atoms with E-state index in [0.29, 0.717) is 17.9 Å². The molecule has 152 valence electrons. The second-order valence-corrected chi connectivity index (χ2v) is 8.18. The van der Waals surface area contributed by atoms with E-state index in [9.17, 15) is 0 Å². The van der Waals surface area contributed by atoms with E-state index in [4.69, 9.17) is 22.3 Å². The van der Waals surface area contributed by atoms with Crippen molar-refractivity contribution in [3.8, 4) is 0 Å². The summed E-state index contributed by atoms with van der Waals surface area (Å²) in [5.41, 5.74) is 7.51. The SMILES string of the molecule is CC(C)N1CCCC(CN=C(N)N2CCN(c3ccc(Cl)cc3)CC2)C1.I. The van der Waals surface area contributed by atoms with Crippen LogP contribution in [0.3, 0.4) is 0 Å². The van der Waals surface area contributed by atoms with Crippen molar-refractivity contribution in [1.82, 2.24) is 9.80 Å². The minimum atomic E-state index is 0. The Morgan fingerprint density at radius 2 is 1.81 bits per heavy atom. The molecule has 0 spiro atoms. The topological polar surface area (TPSA) is 48.1 Å². The van der Waals surface area contributed by atoms with Gasteiger partial charge in [0.1, 0.15) is 0 Å². The Balaban J connectivity index is 0.00000261. The van der Waals surface area contributed by atoms with Gasteiger partial charge in [0.2, 0.25) is 0 Å². The normalized spacial score (nSPS) is 22.1. The van der Waals surface area contributed by atoms with Crippen LogP contribution < -0.4 is 10.6 Å². The van der Waals surface area contributed by atoms with E-state index in [0.717, 1.165) is 44.3 Å². The lowest BCUT2D eigenvalue weighted by atomic mass is 9.97. The van der Waals surface area contributed by atoms with Gasteiger partial charge in [0, 0.05) is 56.0 Å². The fraction of sp³-hybridized carbons (Fsp3) is 0.650. The Bertz CT molecular complexity index is 599. The largest absolute Gasteiger partial charge is 0.370 e. The number of halogens is 2. The first kappa shape index (κ1) is 22.6. The monoisotopic (exact) mass is 505 g/mol. The maximum atomic E-state index is 6.29. The molecule has 2 saturated heterocycles. The van der Waals surface area contributed by atoms with Gasteiger partial charge in [-0.05, 0) is 63.4 Å². The van der Waals surface area contributed by atoms with Gasteiger partial charge in [-0.25, -0.2) is 0 Å². The molecule has 0 aromatic heterocycles. The van der Waals surface area contributed by atoms with E-state index >= 15 is 0 Å². The Morgan fingerprint density at radius 3 is 2.44 bits per heavy atom. The van der Waals surface area contributed by atoms with Crippen LogP contribution in [0.15, 0.2) is 29.3 Å². The number of rotatable bonds is 4. The summed E-state index contributed by atoms with van der Waals surface area (Å²) >= 11 is 5.98. The number of piperidine rings is 1. The van der Waals surface area contributed by atoms with Crippen LogP contribution in [-0.4, -0.2) is 67.6 Å². The van der Waals surface area contributed by atoms with Crippen LogP contribution in [0.2, 0.25) is 5.02 Å². The molecule has 2 fully saturated rings. The van der Waals surface area contributed by atoms with Crippen LogP contribution in [0, 0.1) is 5.92 Å². The highest BCUT2D eigenvalue weighted by Crippen LogP contribution is 2.20. The Labute approximate surface area is 185 Å². The fourth-order valence-corrected chi connectivity index (χ4v) is 4.01. The van der Waals surface area contributed by atoms with Gasteiger partial charge in [-0.3, -0.25) is 4.99 Å². The van der Waals surface area contributed by atoms with Gasteiger partial charge in [0.05, 0.1) is 0 Å². The van der Waals surface area contributed by atoms with E-state index in [1.54, 1.807) is 0 Å². The van der Waals surface area contributed by atoms with Crippen molar-refractivity contribution in [2.45, 2.75) is 32.7 Å². The standard InChI is InChI=1S/C20H32ClN5.HI/c1-16(2)26-9-3-4-17(15-26)14-23-20(22)25-12-10-24(11-13-25)19-7-5-18(21)6-8-19;/h5-8,16-17H,3-4,9-15H2,1-2H3,(H2,22,23);1H. The van der Waals surface area contributed by atoms with Crippen LogP contribution in [0.25, 0.3) is 0 Å². The van der Waals surface area contributed by atoms with Gasteiger partial charge >= 0.3 is 0 Å². The molecule has 2 heterocycles. The third kappa shape index (κ3) is 6.39. The van der Waals surface area contributed by atoms with Crippen molar-refractivity contribution in [3.63, 3.8) is 0 Å². The zero-order valence-corrected chi connectivity index (χ0v) is 19.6. The highest BCUT2D eigenvalue weighted by Gasteiger charge is 2.22. The average molecular weight is 506 g/mol. The molecule has 3 rings (SSSR count). The predicted molar refractivity (Wildman–Crippen MR) is 127 cm³/mol. The van der Waals surface area contributed by atoms with E-state index < -0.39 is 0 Å². The zero-order chi connectivity index (χ0) is 18.5. The van der Waals surface area contributed by atoms with E-state index in [1.807, 2.05) is 12.1 Å². The van der Waals surface area contributed by atoms with Gasteiger partial charge in [-0.2, -0.15) is 0 Å². The van der Waals surface area contributed by atoms with Crippen LogP contribution in [0.4, 0.5) is 5.69 Å². The lowest BCUT2D eigenvalue weighted by Gasteiger charge is -2.37. The molecule has 0 saturated carbocycles. The van der Waals surface area contributed by atoms with Gasteiger partial charge in [0.25, 0.3) is 0 Å². The highest BCUT2D eigenvalue weighted by atomic mass is 127. The number of piperazine rings is 1. The third-order valence-corrected chi connectivity index (χ3v) is 5.84. The first-order chi connectivity index (χ1) is 12.5. The van der Waals surface area contributed by atoms with Gasteiger partial charge in [-0.15, -0.1) is 24.0 Å². The number of nitrogens with zero attached hydrogens (tertiary/aromatic N) is 4. The summed E-state index contributed by atoms with van der Waals surface area (Å²) in [6, 6.07) is 8.69. The molecular formula is C20H33ClIN5. The van der Waals surface area contributed by atoms with Crippen molar-refractivity contribution < 1.29 is 0 Å². The minimum absolute atomic E-state index is 0. The molecule has 0 aliphatic carbocycles. The second kappa shape index (κ2) is 10.7. The highest BCUT2D eigenvalue weighted by molar-refractivity contribution is 14.0. The first-order valence-corrected chi connectivity index (χ1v) is 10.2. The van der Waals surface area contributed by atoms with Crippen molar-refractivity contribution in [2.24, 2.45) is 16.6 Å². The lowest BCUT2D eigenvalue weighted by Crippen LogP contribution is -2.51. The Hall–Kier alpha value is -0.730. The number of benzene rings is 1. The van der Waals surface area contributed by atoms with Crippen molar-refractivity contribution in [3.05, 3.63) is 29.3 Å². The van der Waals surface area contributed by atoms with E-state index in [-0.39, 0.29) is 24.0 Å². The molecule has 1 aromatic rings. The maximum Gasteiger partial charge on any atom is 0.191 e. The summed E-state index contributed by atoms with van der Waals surface area (Å²) in [7, 11) is 0. The number of anilines is 1.